The van der Waals surface area contributed by atoms with Crippen molar-refractivity contribution in [3.05, 3.63) is 83.3 Å². The molecule has 5 rings (SSSR count). The third-order valence-corrected chi connectivity index (χ3v) is 5.55. The molecule has 8 heteroatoms. The highest BCUT2D eigenvalue weighted by molar-refractivity contribution is 5.94. The number of ether oxygens (including phenoxy) is 3. The fourth-order valence-electron chi connectivity index (χ4n) is 3.84. The summed E-state index contributed by atoms with van der Waals surface area (Å²) in [5, 5.41) is 5.39. The van der Waals surface area contributed by atoms with Crippen LogP contribution in [0.5, 0.6) is 17.2 Å². The van der Waals surface area contributed by atoms with Gasteiger partial charge in [0.15, 0.2) is 11.5 Å². The highest BCUT2D eigenvalue weighted by atomic mass is 16.5. The molecule has 0 aliphatic heterocycles. The molecule has 170 valence electrons. The maximum atomic E-state index is 13.4. The number of rotatable bonds is 6. The molecule has 2 aromatic heterocycles. The Labute approximate surface area is 194 Å². The van der Waals surface area contributed by atoms with Gasteiger partial charge in [0.05, 0.1) is 32.6 Å². The van der Waals surface area contributed by atoms with Gasteiger partial charge in [-0.05, 0) is 30.3 Å². The predicted octanol–water partition coefficient (Wildman–Crippen LogP) is 4.73. The molecule has 0 aliphatic carbocycles. The standard InChI is InChI=1S/C26H21N3O5/c1-31-18-8-6-7-16(13-18)24-27-25(34-28-24)21-15-29(26(30)20-10-5-4-9-19(20)21)17-11-12-22(32-2)23(14-17)33-3/h4-15H,1-3H3. The highest BCUT2D eigenvalue weighted by Gasteiger charge is 2.18. The predicted molar refractivity (Wildman–Crippen MR) is 128 cm³/mol. The van der Waals surface area contributed by atoms with Gasteiger partial charge in [-0.15, -0.1) is 0 Å². The van der Waals surface area contributed by atoms with Crippen LogP contribution in [0.25, 0.3) is 39.3 Å². The van der Waals surface area contributed by atoms with Gasteiger partial charge >= 0.3 is 0 Å². The molecule has 0 spiro atoms. The Kier molecular flexibility index (Phi) is 5.47. The number of pyridine rings is 1. The van der Waals surface area contributed by atoms with Crippen LogP contribution < -0.4 is 19.8 Å². The van der Waals surface area contributed by atoms with E-state index in [1.165, 1.54) is 4.57 Å². The topological polar surface area (TPSA) is 88.6 Å². The summed E-state index contributed by atoms with van der Waals surface area (Å²) in [5.41, 5.74) is 1.82. The molecule has 0 radical (unpaired) electrons. The van der Waals surface area contributed by atoms with Crippen molar-refractivity contribution in [1.29, 1.82) is 0 Å². The quantitative estimate of drug-likeness (QED) is 0.366. The second-order valence-electron chi connectivity index (χ2n) is 7.46. The summed E-state index contributed by atoms with van der Waals surface area (Å²) in [6.07, 6.45) is 1.70. The Hall–Kier alpha value is -4.59. The van der Waals surface area contributed by atoms with E-state index in [0.29, 0.717) is 51.0 Å². The summed E-state index contributed by atoms with van der Waals surface area (Å²) in [6.45, 7) is 0. The zero-order valence-electron chi connectivity index (χ0n) is 18.8. The Morgan fingerprint density at radius 2 is 1.62 bits per heavy atom. The van der Waals surface area contributed by atoms with Crippen molar-refractivity contribution in [3.63, 3.8) is 0 Å². The number of hydrogen-bond donors (Lipinski definition) is 0. The maximum absolute atomic E-state index is 13.4. The SMILES string of the molecule is COc1cccc(-c2noc(-c3cn(-c4ccc(OC)c(OC)c4)c(=O)c4ccccc34)n2)c1. The normalized spacial score (nSPS) is 10.9. The summed E-state index contributed by atoms with van der Waals surface area (Å²) in [5.74, 6) is 2.49. The van der Waals surface area contributed by atoms with Gasteiger partial charge in [-0.1, -0.05) is 35.5 Å². The van der Waals surface area contributed by atoms with Gasteiger partial charge in [0, 0.05) is 28.6 Å². The molecule has 34 heavy (non-hydrogen) atoms. The fraction of sp³-hybridized carbons (Fsp3) is 0.115. The molecule has 0 saturated heterocycles. The van der Waals surface area contributed by atoms with Crippen molar-refractivity contribution in [3.8, 4) is 45.8 Å². The number of aromatic nitrogens is 3. The number of hydrogen-bond acceptors (Lipinski definition) is 7. The Balaban J connectivity index is 1.69. The van der Waals surface area contributed by atoms with Crippen LogP contribution in [-0.4, -0.2) is 36.0 Å². The lowest BCUT2D eigenvalue weighted by molar-refractivity contribution is 0.355. The Morgan fingerprint density at radius 3 is 2.38 bits per heavy atom. The zero-order valence-corrected chi connectivity index (χ0v) is 18.8. The monoisotopic (exact) mass is 455 g/mol. The summed E-state index contributed by atoms with van der Waals surface area (Å²) in [6, 6.07) is 20.0. The molecule has 0 N–H and O–H groups in total. The minimum atomic E-state index is -0.181. The van der Waals surface area contributed by atoms with E-state index in [-0.39, 0.29) is 5.56 Å². The molecule has 0 bridgehead atoms. The summed E-state index contributed by atoms with van der Waals surface area (Å²) in [4.78, 5) is 18.0. The van der Waals surface area contributed by atoms with Crippen molar-refractivity contribution in [2.45, 2.75) is 0 Å². The number of methoxy groups -OCH3 is 3. The third-order valence-electron chi connectivity index (χ3n) is 5.55. The molecule has 3 aromatic carbocycles. The summed E-state index contributed by atoms with van der Waals surface area (Å²) >= 11 is 0. The van der Waals surface area contributed by atoms with Gasteiger partial charge in [-0.25, -0.2) is 0 Å². The second kappa shape index (κ2) is 8.74. The van der Waals surface area contributed by atoms with Gasteiger partial charge in [-0.2, -0.15) is 4.98 Å². The van der Waals surface area contributed by atoms with E-state index in [9.17, 15) is 4.79 Å². The molecule has 5 aromatic rings. The smallest absolute Gasteiger partial charge is 0.262 e. The number of fused-ring (bicyclic) bond motifs is 1. The lowest BCUT2D eigenvalue weighted by atomic mass is 10.1. The molecule has 0 unspecified atom stereocenters. The van der Waals surface area contributed by atoms with Gasteiger partial charge in [0.2, 0.25) is 5.82 Å². The van der Waals surface area contributed by atoms with Crippen LogP contribution in [0.2, 0.25) is 0 Å². The minimum absolute atomic E-state index is 0.181. The average molecular weight is 455 g/mol. The van der Waals surface area contributed by atoms with Gasteiger partial charge < -0.3 is 18.7 Å². The van der Waals surface area contributed by atoms with E-state index in [1.54, 1.807) is 51.8 Å². The maximum Gasteiger partial charge on any atom is 0.262 e. The van der Waals surface area contributed by atoms with E-state index in [0.717, 1.165) is 5.56 Å². The van der Waals surface area contributed by atoms with Crippen LogP contribution in [0.15, 0.2) is 82.2 Å². The largest absolute Gasteiger partial charge is 0.497 e. The van der Waals surface area contributed by atoms with E-state index < -0.39 is 0 Å². The Bertz CT molecular complexity index is 1550. The molecule has 0 fully saturated rings. The van der Waals surface area contributed by atoms with Crippen molar-refractivity contribution in [2.24, 2.45) is 0 Å². The summed E-state index contributed by atoms with van der Waals surface area (Å²) < 4.78 is 23.2. The average Bonchev–Trinajstić information content (AvgIpc) is 3.39. The van der Waals surface area contributed by atoms with Crippen molar-refractivity contribution >= 4 is 10.8 Å². The lowest BCUT2D eigenvalue weighted by Crippen LogP contribution is -2.18. The first-order chi connectivity index (χ1) is 16.6. The first kappa shape index (κ1) is 21.3. The van der Waals surface area contributed by atoms with E-state index in [4.69, 9.17) is 18.7 Å². The van der Waals surface area contributed by atoms with Crippen LogP contribution in [0.1, 0.15) is 0 Å². The Morgan fingerprint density at radius 1 is 0.824 bits per heavy atom. The zero-order chi connectivity index (χ0) is 23.7. The second-order valence-corrected chi connectivity index (χ2v) is 7.46. The molecule has 8 nitrogen and oxygen atoms in total. The van der Waals surface area contributed by atoms with Crippen LogP contribution >= 0.6 is 0 Å². The third kappa shape index (κ3) is 3.65. The molecular weight excluding hydrogens is 434 g/mol. The molecule has 2 heterocycles. The van der Waals surface area contributed by atoms with Gasteiger partial charge in [-0.3, -0.25) is 9.36 Å². The van der Waals surface area contributed by atoms with Crippen molar-refractivity contribution < 1.29 is 18.7 Å². The lowest BCUT2D eigenvalue weighted by Gasteiger charge is -2.13. The van der Waals surface area contributed by atoms with E-state index in [1.807, 2.05) is 42.5 Å². The van der Waals surface area contributed by atoms with E-state index in [2.05, 4.69) is 10.1 Å². The first-order valence-corrected chi connectivity index (χ1v) is 10.5. The number of nitrogens with zero attached hydrogens (tertiary/aromatic N) is 3. The highest BCUT2D eigenvalue weighted by Crippen LogP contribution is 2.32. The number of benzene rings is 3. The molecule has 0 amide bonds. The molecule has 0 saturated carbocycles. The van der Waals surface area contributed by atoms with Crippen LogP contribution in [-0.2, 0) is 0 Å². The molecular formula is C26H21N3O5. The van der Waals surface area contributed by atoms with Crippen molar-refractivity contribution in [1.82, 2.24) is 14.7 Å². The minimum Gasteiger partial charge on any atom is -0.497 e. The van der Waals surface area contributed by atoms with E-state index >= 15 is 0 Å². The fourth-order valence-corrected chi connectivity index (χ4v) is 3.84. The van der Waals surface area contributed by atoms with Crippen LogP contribution in [0, 0.1) is 0 Å². The van der Waals surface area contributed by atoms with Gasteiger partial charge in [0.25, 0.3) is 11.4 Å². The van der Waals surface area contributed by atoms with Crippen molar-refractivity contribution in [2.75, 3.05) is 21.3 Å². The summed E-state index contributed by atoms with van der Waals surface area (Å²) in [7, 11) is 4.71. The molecule has 0 aliphatic rings. The van der Waals surface area contributed by atoms with Gasteiger partial charge in [0.1, 0.15) is 5.75 Å². The van der Waals surface area contributed by atoms with Crippen LogP contribution in [0.4, 0.5) is 0 Å². The first-order valence-electron chi connectivity index (χ1n) is 10.5. The van der Waals surface area contributed by atoms with Crippen LogP contribution in [0.3, 0.4) is 0 Å². The molecule has 0 atom stereocenters.